The third-order valence-corrected chi connectivity index (χ3v) is 11.0. The molecule has 3 heterocycles. The molecular weight excluding hydrogens is 695 g/mol. The van der Waals surface area contributed by atoms with E-state index in [4.69, 9.17) is 4.74 Å². The van der Waals surface area contributed by atoms with Crippen molar-refractivity contribution in [1.29, 1.82) is 0 Å². The van der Waals surface area contributed by atoms with Crippen LogP contribution in [0.2, 0.25) is 0 Å². The molecule has 57 heavy (non-hydrogen) atoms. The van der Waals surface area contributed by atoms with Crippen molar-refractivity contribution >= 4 is 43.6 Å². The summed E-state index contributed by atoms with van der Waals surface area (Å²) >= 11 is 0. The number of nitrogens with zero attached hydrogens (tertiary/aromatic N) is 3. The number of ether oxygens (including phenoxy) is 1. The molecule has 4 heteroatoms. The van der Waals surface area contributed by atoms with Gasteiger partial charge in [-0.25, -0.2) is 0 Å². The molecule has 0 radical (unpaired) electrons. The first-order chi connectivity index (χ1) is 28.2. The summed E-state index contributed by atoms with van der Waals surface area (Å²) in [6.07, 6.45) is 1.82. The molecule has 4 nitrogen and oxygen atoms in total. The van der Waals surface area contributed by atoms with E-state index in [1.807, 2.05) is 36.5 Å². The lowest BCUT2D eigenvalue weighted by atomic mass is 9.98. The van der Waals surface area contributed by atoms with Gasteiger partial charge in [-0.1, -0.05) is 115 Å². The molecule has 0 bridgehead atoms. The molecule has 0 atom stereocenters. The number of benzene rings is 8. The van der Waals surface area contributed by atoms with Crippen molar-refractivity contribution in [3.05, 3.63) is 212 Å². The monoisotopic (exact) mass is 729 g/mol. The Morgan fingerprint density at radius 2 is 0.754 bits per heavy atom. The highest BCUT2D eigenvalue weighted by Gasteiger charge is 2.15. The van der Waals surface area contributed by atoms with Crippen LogP contribution in [0, 0.1) is 0 Å². The van der Waals surface area contributed by atoms with E-state index in [1.165, 1.54) is 43.6 Å². The normalized spacial score (nSPS) is 11.5. The number of pyridine rings is 1. The van der Waals surface area contributed by atoms with Gasteiger partial charge in [0.2, 0.25) is 0 Å². The van der Waals surface area contributed by atoms with Crippen LogP contribution < -0.4 is 4.74 Å². The maximum atomic E-state index is 6.69. The Morgan fingerprint density at radius 1 is 0.316 bits per heavy atom. The largest absolute Gasteiger partial charge is 0.457 e. The quantitative estimate of drug-likeness (QED) is 0.164. The van der Waals surface area contributed by atoms with E-state index >= 15 is 0 Å². The van der Waals surface area contributed by atoms with Crippen molar-refractivity contribution in [3.8, 4) is 56.4 Å². The predicted octanol–water partition coefficient (Wildman–Crippen LogP) is 14.1. The molecule has 0 saturated heterocycles. The molecule has 8 aromatic carbocycles. The molecule has 0 aliphatic carbocycles. The van der Waals surface area contributed by atoms with Crippen LogP contribution in [0.1, 0.15) is 0 Å². The summed E-state index contributed by atoms with van der Waals surface area (Å²) in [4.78, 5) is 4.56. The standard InChI is InChI=1S/C53H35N3O/c1-5-19-50-45(14-1)46-15-2-6-20-51(46)55(50)41-27-23-36(24-28-41)39-32-40(35-44(34-39)57-43-13-11-12-38(33-43)49-18-9-10-31-54-49)37-25-29-42(30-26-37)56-52-21-7-3-16-47(52)48-17-4-8-22-53(48)56/h1-35H. The third kappa shape index (κ3) is 5.74. The van der Waals surface area contributed by atoms with Gasteiger partial charge in [0.05, 0.1) is 27.8 Å². The van der Waals surface area contributed by atoms with Crippen molar-refractivity contribution in [2.75, 3.05) is 0 Å². The van der Waals surface area contributed by atoms with Gasteiger partial charge in [-0.3, -0.25) is 4.98 Å². The fourth-order valence-electron chi connectivity index (χ4n) is 8.39. The van der Waals surface area contributed by atoms with Gasteiger partial charge in [0.25, 0.3) is 0 Å². The van der Waals surface area contributed by atoms with Crippen molar-refractivity contribution in [1.82, 2.24) is 14.1 Å². The Hall–Kier alpha value is -7.69. The van der Waals surface area contributed by atoms with Gasteiger partial charge in [0.15, 0.2) is 0 Å². The topological polar surface area (TPSA) is 32.0 Å². The second-order valence-electron chi connectivity index (χ2n) is 14.4. The van der Waals surface area contributed by atoms with E-state index in [0.717, 1.165) is 56.4 Å². The van der Waals surface area contributed by atoms with Crippen LogP contribution in [0.25, 0.3) is 88.5 Å². The maximum absolute atomic E-state index is 6.69. The second kappa shape index (κ2) is 13.6. The fraction of sp³-hybridized carbons (Fsp3) is 0. The molecule has 268 valence electrons. The summed E-state index contributed by atoms with van der Waals surface area (Å²) in [5.41, 5.74) is 13.3. The van der Waals surface area contributed by atoms with Gasteiger partial charge in [-0.15, -0.1) is 0 Å². The smallest absolute Gasteiger partial charge is 0.128 e. The third-order valence-electron chi connectivity index (χ3n) is 11.0. The highest BCUT2D eigenvalue weighted by molar-refractivity contribution is 6.10. The summed E-state index contributed by atoms with van der Waals surface area (Å²) in [5.74, 6) is 1.52. The van der Waals surface area contributed by atoms with Crippen molar-refractivity contribution in [2.24, 2.45) is 0 Å². The number of aromatic nitrogens is 3. The van der Waals surface area contributed by atoms with E-state index < -0.39 is 0 Å². The first-order valence-electron chi connectivity index (χ1n) is 19.3. The van der Waals surface area contributed by atoms with Crippen LogP contribution in [-0.4, -0.2) is 14.1 Å². The van der Waals surface area contributed by atoms with Crippen LogP contribution in [0.15, 0.2) is 212 Å². The summed E-state index contributed by atoms with van der Waals surface area (Å²) in [7, 11) is 0. The van der Waals surface area contributed by atoms with Crippen molar-refractivity contribution in [3.63, 3.8) is 0 Å². The highest BCUT2D eigenvalue weighted by atomic mass is 16.5. The SMILES string of the molecule is c1ccc(-c2cccc(Oc3cc(-c4ccc(-n5c6ccccc6c6ccccc65)cc4)cc(-c4ccc(-n5c6ccccc6c6ccccc65)cc4)c3)c2)nc1. The van der Waals surface area contributed by atoms with Crippen LogP contribution in [0.5, 0.6) is 11.5 Å². The minimum Gasteiger partial charge on any atom is -0.457 e. The number of rotatable bonds is 7. The molecule has 0 amide bonds. The first-order valence-corrected chi connectivity index (χ1v) is 19.3. The number of fused-ring (bicyclic) bond motifs is 6. The Labute approximate surface area is 330 Å². The second-order valence-corrected chi connectivity index (χ2v) is 14.4. The maximum Gasteiger partial charge on any atom is 0.128 e. The molecule has 0 aliphatic heterocycles. The number of hydrogen-bond donors (Lipinski definition) is 0. The molecule has 0 fully saturated rings. The van der Waals surface area contributed by atoms with E-state index in [0.29, 0.717) is 0 Å². The van der Waals surface area contributed by atoms with Crippen LogP contribution >= 0.6 is 0 Å². The predicted molar refractivity (Wildman–Crippen MR) is 236 cm³/mol. The minimum absolute atomic E-state index is 0.754. The minimum atomic E-state index is 0.754. The molecular formula is C53H35N3O. The lowest BCUT2D eigenvalue weighted by Crippen LogP contribution is -1.94. The summed E-state index contributed by atoms with van der Waals surface area (Å²) in [6, 6.07) is 72.9. The highest BCUT2D eigenvalue weighted by Crippen LogP contribution is 2.38. The lowest BCUT2D eigenvalue weighted by Gasteiger charge is -2.14. The summed E-state index contributed by atoms with van der Waals surface area (Å²) in [5, 5.41) is 5.01. The van der Waals surface area contributed by atoms with Gasteiger partial charge >= 0.3 is 0 Å². The van der Waals surface area contributed by atoms with Crippen LogP contribution in [0.3, 0.4) is 0 Å². The number of para-hydroxylation sites is 4. The van der Waals surface area contributed by atoms with Crippen LogP contribution in [0.4, 0.5) is 0 Å². The van der Waals surface area contributed by atoms with Crippen molar-refractivity contribution < 1.29 is 4.74 Å². The Bertz CT molecular complexity index is 2970. The Kier molecular flexibility index (Phi) is 7.78. The van der Waals surface area contributed by atoms with E-state index in [-0.39, 0.29) is 0 Å². The average Bonchev–Trinajstić information content (AvgIpc) is 3.80. The average molecular weight is 730 g/mol. The Balaban J connectivity index is 1.00. The van der Waals surface area contributed by atoms with Gasteiger partial charge in [-0.2, -0.15) is 0 Å². The zero-order chi connectivity index (χ0) is 37.7. The first kappa shape index (κ1) is 32.7. The molecule has 0 N–H and O–H groups in total. The Morgan fingerprint density at radius 3 is 1.21 bits per heavy atom. The summed E-state index contributed by atoms with van der Waals surface area (Å²) in [6.45, 7) is 0. The zero-order valence-electron chi connectivity index (χ0n) is 31.0. The van der Waals surface area contributed by atoms with Gasteiger partial charge in [0, 0.05) is 44.7 Å². The molecule has 3 aromatic heterocycles. The van der Waals surface area contributed by atoms with Gasteiger partial charge in [0.1, 0.15) is 11.5 Å². The van der Waals surface area contributed by atoms with E-state index in [2.05, 4.69) is 190 Å². The number of hydrogen-bond acceptors (Lipinski definition) is 2. The van der Waals surface area contributed by atoms with Crippen molar-refractivity contribution in [2.45, 2.75) is 0 Å². The summed E-state index contributed by atoms with van der Waals surface area (Å²) < 4.78 is 11.4. The van der Waals surface area contributed by atoms with Gasteiger partial charge < -0.3 is 13.9 Å². The van der Waals surface area contributed by atoms with Crippen LogP contribution in [-0.2, 0) is 0 Å². The molecule has 0 spiro atoms. The molecule has 0 unspecified atom stereocenters. The molecule has 0 aliphatic rings. The lowest BCUT2D eigenvalue weighted by molar-refractivity contribution is 0.483. The van der Waals surface area contributed by atoms with E-state index in [1.54, 1.807) is 0 Å². The molecule has 11 rings (SSSR count). The fourth-order valence-corrected chi connectivity index (χ4v) is 8.39. The van der Waals surface area contributed by atoms with E-state index in [9.17, 15) is 0 Å². The zero-order valence-corrected chi connectivity index (χ0v) is 31.0. The van der Waals surface area contributed by atoms with Gasteiger partial charge in [-0.05, 0) is 113 Å². The molecule has 0 saturated carbocycles. The molecule has 11 aromatic rings.